The molecule has 0 atom stereocenters. The van der Waals surface area contributed by atoms with Gasteiger partial charge in [-0.05, 0) is 37.6 Å². The number of nitrogens with zero attached hydrogens (tertiary/aromatic N) is 1. The van der Waals surface area contributed by atoms with E-state index < -0.39 is 0 Å². The van der Waals surface area contributed by atoms with Gasteiger partial charge < -0.3 is 9.73 Å². The second kappa shape index (κ2) is 4.17. The Labute approximate surface area is 89.1 Å². The van der Waals surface area contributed by atoms with Crippen molar-refractivity contribution in [3.63, 3.8) is 0 Å². The molecule has 0 bridgehead atoms. The first kappa shape index (κ1) is 9.77. The predicted octanol–water partition coefficient (Wildman–Crippen LogP) is 2.90. The van der Waals surface area contributed by atoms with Crippen molar-refractivity contribution in [2.45, 2.75) is 20.4 Å². The lowest BCUT2D eigenvalue weighted by Crippen LogP contribution is -2.01. The van der Waals surface area contributed by atoms with E-state index in [0.29, 0.717) is 0 Å². The maximum Gasteiger partial charge on any atom is 0.126 e. The van der Waals surface area contributed by atoms with E-state index in [0.717, 1.165) is 23.6 Å². The van der Waals surface area contributed by atoms with Gasteiger partial charge in [0.15, 0.2) is 0 Å². The number of aromatic nitrogens is 1. The maximum atomic E-state index is 4.99. The average Bonchev–Trinajstić information content (AvgIpc) is 2.65. The van der Waals surface area contributed by atoms with E-state index in [1.54, 1.807) is 12.5 Å². The van der Waals surface area contributed by atoms with Crippen molar-refractivity contribution in [2.75, 3.05) is 5.32 Å². The maximum absolute atomic E-state index is 4.99. The smallest absolute Gasteiger partial charge is 0.126 e. The summed E-state index contributed by atoms with van der Waals surface area (Å²) in [6, 6.07) is 6.03. The van der Waals surface area contributed by atoms with E-state index in [9.17, 15) is 0 Å². The molecule has 78 valence electrons. The van der Waals surface area contributed by atoms with Gasteiger partial charge in [-0.25, -0.2) is 4.98 Å². The largest absolute Gasteiger partial charge is 0.472 e. The number of furan rings is 1. The Bertz CT molecular complexity index is 415. The molecule has 0 spiro atoms. The molecular weight excluding hydrogens is 188 g/mol. The summed E-state index contributed by atoms with van der Waals surface area (Å²) in [4.78, 5) is 4.39. The number of hydrogen-bond donors (Lipinski definition) is 1. The minimum absolute atomic E-state index is 0.742. The van der Waals surface area contributed by atoms with E-state index >= 15 is 0 Å². The molecule has 3 heteroatoms. The number of pyridine rings is 1. The summed E-state index contributed by atoms with van der Waals surface area (Å²) >= 11 is 0. The molecule has 2 rings (SSSR count). The summed E-state index contributed by atoms with van der Waals surface area (Å²) in [5.41, 5.74) is 3.37. The Kier molecular flexibility index (Phi) is 2.72. The van der Waals surface area contributed by atoms with Gasteiger partial charge >= 0.3 is 0 Å². The van der Waals surface area contributed by atoms with E-state index in [1.165, 1.54) is 5.56 Å². The van der Waals surface area contributed by atoms with Crippen LogP contribution >= 0.6 is 0 Å². The minimum atomic E-state index is 0.742. The van der Waals surface area contributed by atoms with Crippen molar-refractivity contribution in [3.05, 3.63) is 47.5 Å². The standard InChI is InChI=1S/C12H14N2O/c1-9-5-10(2)14-12(6-9)13-7-11-3-4-15-8-11/h3-6,8H,7H2,1-2H3,(H,13,14). The Morgan fingerprint density at radius 3 is 2.87 bits per heavy atom. The van der Waals surface area contributed by atoms with E-state index in [2.05, 4.69) is 23.3 Å². The fourth-order valence-electron chi connectivity index (χ4n) is 1.52. The summed E-state index contributed by atoms with van der Waals surface area (Å²) < 4.78 is 4.99. The molecule has 0 aliphatic heterocycles. The number of nitrogens with one attached hydrogen (secondary N) is 1. The number of aryl methyl sites for hydroxylation is 2. The molecule has 0 aromatic carbocycles. The monoisotopic (exact) mass is 202 g/mol. The molecule has 3 nitrogen and oxygen atoms in total. The molecule has 0 aliphatic rings. The Morgan fingerprint density at radius 1 is 1.33 bits per heavy atom. The highest BCUT2D eigenvalue weighted by atomic mass is 16.3. The van der Waals surface area contributed by atoms with Crippen molar-refractivity contribution < 1.29 is 4.42 Å². The summed E-state index contributed by atoms with van der Waals surface area (Å²) in [5.74, 6) is 0.911. The molecule has 0 unspecified atom stereocenters. The molecule has 2 aromatic heterocycles. The molecule has 2 aromatic rings. The van der Waals surface area contributed by atoms with Crippen LogP contribution in [-0.4, -0.2) is 4.98 Å². The van der Waals surface area contributed by atoms with Crippen molar-refractivity contribution in [1.82, 2.24) is 4.98 Å². The van der Waals surface area contributed by atoms with Crippen LogP contribution in [0.25, 0.3) is 0 Å². The van der Waals surface area contributed by atoms with E-state index in [4.69, 9.17) is 4.42 Å². The zero-order chi connectivity index (χ0) is 10.7. The molecule has 0 amide bonds. The highest BCUT2D eigenvalue weighted by Gasteiger charge is 1.98. The van der Waals surface area contributed by atoms with Gasteiger partial charge in [0.25, 0.3) is 0 Å². The van der Waals surface area contributed by atoms with Crippen LogP contribution in [0.3, 0.4) is 0 Å². The molecule has 0 saturated heterocycles. The number of rotatable bonds is 3. The third kappa shape index (κ3) is 2.59. The Hall–Kier alpha value is -1.77. The van der Waals surface area contributed by atoms with Gasteiger partial charge in [-0.15, -0.1) is 0 Å². The van der Waals surface area contributed by atoms with Crippen molar-refractivity contribution >= 4 is 5.82 Å². The molecule has 0 fully saturated rings. The van der Waals surface area contributed by atoms with Gasteiger partial charge in [-0.3, -0.25) is 0 Å². The fourth-order valence-corrected chi connectivity index (χ4v) is 1.52. The summed E-state index contributed by atoms with van der Waals surface area (Å²) in [7, 11) is 0. The lowest BCUT2D eigenvalue weighted by atomic mass is 10.2. The molecule has 0 saturated carbocycles. The zero-order valence-corrected chi connectivity index (χ0v) is 8.95. The van der Waals surface area contributed by atoms with Crippen molar-refractivity contribution in [1.29, 1.82) is 0 Å². The quantitative estimate of drug-likeness (QED) is 0.831. The van der Waals surface area contributed by atoms with Gasteiger partial charge in [0.1, 0.15) is 5.82 Å². The normalized spacial score (nSPS) is 10.3. The third-order valence-corrected chi connectivity index (χ3v) is 2.15. The number of hydrogen-bond acceptors (Lipinski definition) is 3. The van der Waals surface area contributed by atoms with Crippen LogP contribution in [0.2, 0.25) is 0 Å². The van der Waals surface area contributed by atoms with Crippen LogP contribution in [0.1, 0.15) is 16.8 Å². The van der Waals surface area contributed by atoms with Crippen LogP contribution in [0, 0.1) is 13.8 Å². The Balaban J connectivity index is 2.05. The van der Waals surface area contributed by atoms with Crippen molar-refractivity contribution in [2.24, 2.45) is 0 Å². The summed E-state index contributed by atoms with van der Waals surface area (Å²) in [5, 5.41) is 3.26. The van der Waals surface area contributed by atoms with Gasteiger partial charge in [0, 0.05) is 17.8 Å². The summed E-state index contributed by atoms with van der Waals surface area (Å²) in [6.07, 6.45) is 3.40. The average molecular weight is 202 g/mol. The van der Waals surface area contributed by atoms with Gasteiger partial charge in [0.2, 0.25) is 0 Å². The van der Waals surface area contributed by atoms with Crippen molar-refractivity contribution in [3.8, 4) is 0 Å². The predicted molar refractivity (Wildman–Crippen MR) is 59.7 cm³/mol. The molecule has 0 aliphatic carbocycles. The highest BCUT2D eigenvalue weighted by Crippen LogP contribution is 2.10. The number of anilines is 1. The minimum Gasteiger partial charge on any atom is -0.472 e. The van der Waals surface area contributed by atoms with Crippen LogP contribution in [0.15, 0.2) is 35.1 Å². The lowest BCUT2D eigenvalue weighted by Gasteiger charge is -2.05. The lowest BCUT2D eigenvalue weighted by molar-refractivity contribution is 0.564. The zero-order valence-electron chi connectivity index (χ0n) is 8.95. The van der Waals surface area contributed by atoms with Crippen LogP contribution < -0.4 is 5.32 Å². The van der Waals surface area contributed by atoms with E-state index in [-0.39, 0.29) is 0 Å². The fraction of sp³-hybridized carbons (Fsp3) is 0.250. The highest BCUT2D eigenvalue weighted by molar-refractivity contribution is 5.39. The first-order chi connectivity index (χ1) is 7.24. The third-order valence-electron chi connectivity index (χ3n) is 2.15. The molecule has 2 heterocycles. The molecule has 0 radical (unpaired) electrons. The second-order valence-electron chi connectivity index (χ2n) is 3.66. The molecular formula is C12H14N2O. The van der Waals surface area contributed by atoms with Crippen LogP contribution in [0.5, 0.6) is 0 Å². The van der Waals surface area contributed by atoms with Gasteiger partial charge in [0.05, 0.1) is 12.5 Å². The first-order valence-corrected chi connectivity index (χ1v) is 4.94. The molecule has 15 heavy (non-hydrogen) atoms. The van der Waals surface area contributed by atoms with Gasteiger partial charge in [-0.1, -0.05) is 0 Å². The van der Waals surface area contributed by atoms with E-state index in [1.807, 2.05) is 19.1 Å². The van der Waals surface area contributed by atoms with Crippen LogP contribution in [-0.2, 0) is 6.54 Å². The van der Waals surface area contributed by atoms with Crippen LogP contribution in [0.4, 0.5) is 5.82 Å². The summed E-state index contributed by atoms with van der Waals surface area (Å²) in [6.45, 7) is 4.81. The Morgan fingerprint density at radius 2 is 2.20 bits per heavy atom. The topological polar surface area (TPSA) is 38.1 Å². The van der Waals surface area contributed by atoms with Gasteiger partial charge in [-0.2, -0.15) is 0 Å². The SMILES string of the molecule is Cc1cc(C)nc(NCc2ccoc2)c1. The molecule has 1 N–H and O–H groups in total. The first-order valence-electron chi connectivity index (χ1n) is 4.94. The second-order valence-corrected chi connectivity index (χ2v) is 3.66.